The summed E-state index contributed by atoms with van der Waals surface area (Å²) in [5, 5.41) is 5.73. The minimum absolute atomic E-state index is 0.0813. The Labute approximate surface area is 150 Å². The molecule has 0 aliphatic carbocycles. The van der Waals surface area contributed by atoms with Crippen LogP contribution in [0.5, 0.6) is 5.75 Å². The van der Waals surface area contributed by atoms with Crippen LogP contribution in [0.4, 0.5) is 10.8 Å². The summed E-state index contributed by atoms with van der Waals surface area (Å²) < 4.78 is 15.9. The normalized spacial score (nSPS) is 10.4. The van der Waals surface area contributed by atoms with Gasteiger partial charge in [0.1, 0.15) is 12.4 Å². The zero-order valence-electron chi connectivity index (χ0n) is 12.6. The molecule has 0 aliphatic rings. The quantitative estimate of drug-likeness (QED) is 0.600. The van der Waals surface area contributed by atoms with Gasteiger partial charge in [-0.05, 0) is 52.3 Å². The van der Waals surface area contributed by atoms with Crippen LogP contribution in [0.2, 0.25) is 0 Å². The SMILES string of the molecule is COc1ccc(Nc2nc(COC(=O)c3ccc(Br)o3)cs2)cc1. The molecule has 0 spiro atoms. The highest BCUT2D eigenvalue weighted by atomic mass is 79.9. The first-order valence-corrected chi connectivity index (χ1v) is 8.59. The number of hydrogen-bond acceptors (Lipinski definition) is 7. The second-order valence-corrected chi connectivity index (χ2v) is 6.32. The van der Waals surface area contributed by atoms with Gasteiger partial charge in [0, 0.05) is 11.1 Å². The van der Waals surface area contributed by atoms with E-state index in [1.807, 2.05) is 29.6 Å². The van der Waals surface area contributed by atoms with Crippen molar-refractivity contribution in [3.05, 3.63) is 57.9 Å². The molecule has 2 heterocycles. The van der Waals surface area contributed by atoms with Gasteiger partial charge in [0.25, 0.3) is 0 Å². The molecular weight excluding hydrogens is 396 g/mol. The van der Waals surface area contributed by atoms with Crippen molar-refractivity contribution in [3.8, 4) is 5.75 Å². The molecule has 24 heavy (non-hydrogen) atoms. The second kappa shape index (κ2) is 7.50. The number of carbonyl (C=O) groups excluding carboxylic acids is 1. The molecule has 3 aromatic rings. The third-order valence-electron chi connectivity index (χ3n) is 3.02. The molecule has 1 aromatic carbocycles. The van der Waals surface area contributed by atoms with Gasteiger partial charge in [0.15, 0.2) is 9.80 Å². The van der Waals surface area contributed by atoms with Gasteiger partial charge >= 0.3 is 5.97 Å². The lowest BCUT2D eigenvalue weighted by Crippen LogP contribution is -2.04. The van der Waals surface area contributed by atoms with E-state index >= 15 is 0 Å². The Morgan fingerprint density at radius 1 is 1.29 bits per heavy atom. The van der Waals surface area contributed by atoms with Crippen molar-refractivity contribution in [1.29, 1.82) is 0 Å². The molecule has 0 atom stereocenters. The lowest BCUT2D eigenvalue weighted by molar-refractivity contribution is 0.0430. The van der Waals surface area contributed by atoms with Crippen LogP contribution in [0, 0.1) is 0 Å². The Bertz CT molecular complexity index is 829. The predicted octanol–water partition coefficient (Wildman–Crippen LogP) is 4.61. The van der Waals surface area contributed by atoms with Crippen LogP contribution < -0.4 is 10.1 Å². The van der Waals surface area contributed by atoms with Crippen molar-refractivity contribution < 1.29 is 18.7 Å². The molecule has 0 saturated carbocycles. The van der Waals surface area contributed by atoms with Crippen LogP contribution in [-0.2, 0) is 11.3 Å². The highest BCUT2D eigenvalue weighted by Crippen LogP contribution is 2.23. The van der Waals surface area contributed by atoms with Crippen molar-refractivity contribution in [1.82, 2.24) is 4.98 Å². The second-order valence-electron chi connectivity index (χ2n) is 4.68. The summed E-state index contributed by atoms with van der Waals surface area (Å²) in [6.07, 6.45) is 0. The van der Waals surface area contributed by atoms with E-state index in [0.717, 1.165) is 11.4 Å². The van der Waals surface area contributed by atoms with Gasteiger partial charge in [0.2, 0.25) is 5.76 Å². The Balaban J connectivity index is 1.56. The van der Waals surface area contributed by atoms with E-state index in [9.17, 15) is 4.79 Å². The van der Waals surface area contributed by atoms with Gasteiger partial charge in [-0.15, -0.1) is 11.3 Å². The molecule has 1 N–H and O–H groups in total. The van der Waals surface area contributed by atoms with Crippen LogP contribution in [0.15, 0.2) is 50.9 Å². The number of furan rings is 1. The Hall–Kier alpha value is -2.32. The summed E-state index contributed by atoms with van der Waals surface area (Å²) in [5.74, 6) is 0.406. The number of nitrogens with zero attached hydrogens (tertiary/aromatic N) is 1. The summed E-state index contributed by atoms with van der Waals surface area (Å²) in [5.41, 5.74) is 1.56. The molecule has 0 aliphatic heterocycles. The van der Waals surface area contributed by atoms with Crippen molar-refractivity contribution in [2.24, 2.45) is 0 Å². The van der Waals surface area contributed by atoms with E-state index in [1.165, 1.54) is 11.3 Å². The van der Waals surface area contributed by atoms with Crippen molar-refractivity contribution in [3.63, 3.8) is 0 Å². The fraction of sp³-hybridized carbons (Fsp3) is 0.125. The summed E-state index contributed by atoms with van der Waals surface area (Å²) in [6, 6.07) is 10.7. The number of thiazole rings is 1. The molecule has 0 radical (unpaired) electrons. The van der Waals surface area contributed by atoms with E-state index in [1.54, 1.807) is 19.2 Å². The molecule has 0 bridgehead atoms. The fourth-order valence-corrected chi connectivity index (χ4v) is 2.88. The van der Waals surface area contributed by atoms with E-state index in [2.05, 4.69) is 26.2 Å². The maximum atomic E-state index is 11.8. The number of anilines is 2. The van der Waals surface area contributed by atoms with Gasteiger partial charge in [-0.3, -0.25) is 0 Å². The topological polar surface area (TPSA) is 73.6 Å². The lowest BCUT2D eigenvalue weighted by atomic mass is 10.3. The van der Waals surface area contributed by atoms with Crippen LogP contribution in [0.1, 0.15) is 16.2 Å². The van der Waals surface area contributed by atoms with E-state index in [-0.39, 0.29) is 12.4 Å². The number of rotatable bonds is 6. The average molecular weight is 409 g/mol. The molecular formula is C16H13BrN2O4S. The number of methoxy groups -OCH3 is 1. The third kappa shape index (κ3) is 4.15. The summed E-state index contributed by atoms with van der Waals surface area (Å²) in [7, 11) is 1.62. The number of ether oxygens (including phenoxy) is 2. The first-order chi connectivity index (χ1) is 11.6. The van der Waals surface area contributed by atoms with Crippen LogP contribution >= 0.6 is 27.3 Å². The molecule has 3 rings (SSSR count). The highest BCUT2D eigenvalue weighted by Gasteiger charge is 2.13. The van der Waals surface area contributed by atoms with Crippen molar-refractivity contribution >= 4 is 44.1 Å². The monoisotopic (exact) mass is 408 g/mol. The molecule has 124 valence electrons. The zero-order valence-corrected chi connectivity index (χ0v) is 15.0. The largest absolute Gasteiger partial charge is 0.497 e. The third-order valence-corrected chi connectivity index (χ3v) is 4.25. The number of esters is 1. The number of carbonyl (C=O) groups is 1. The smallest absolute Gasteiger partial charge is 0.374 e. The van der Waals surface area contributed by atoms with E-state index < -0.39 is 5.97 Å². The highest BCUT2D eigenvalue weighted by molar-refractivity contribution is 9.10. The van der Waals surface area contributed by atoms with Crippen LogP contribution in [0.25, 0.3) is 0 Å². The molecule has 2 aromatic heterocycles. The van der Waals surface area contributed by atoms with Crippen molar-refractivity contribution in [2.75, 3.05) is 12.4 Å². The first kappa shape index (κ1) is 16.5. The maximum absolute atomic E-state index is 11.8. The molecule has 0 amide bonds. The molecule has 0 unspecified atom stereocenters. The van der Waals surface area contributed by atoms with Gasteiger partial charge < -0.3 is 19.2 Å². The standard InChI is InChI=1S/C16H13BrN2O4S/c1-21-12-4-2-10(3-5-12)18-16-19-11(9-24-16)8-22-15(20)13-6-7-14(17)23-13/h2-7,9H,8H2,1H3,(H,18,19). The fourth-order valence-electron chi connectivity index (χ4n) is 1.86. The summed E-state index contributed by atoms with van der Waals surface area (Å²) >= 11 is 4.57. The van der Waals surface area contributed by atoms with Gasteiger partial charge in [0.05, 0.1) is 12.8 Å². The summed E-state index contributed by atoms with van der Waals surface area (Å²) in [6.45, 7) is 0.0813. The number of aromatic nitrogens is 1. The number of hydrogen-bond donors (Lipinski definition) is 1. The lowest BCUT2D eigenvalue weighted by Gasteiger charge is -2.04. The first-order valence-electron chi connectivity index (χ1n) is 6.92. The molecule has 0 saturated heterocycles. The average Bonchev–Trinajstić information content (AvgIpc) is 3.22. The maximum Gasteiger partial charge on any atom is 0.374 e. The molecule has 8 heteroatoms. The van der Waals surface area contributed by atoms with E-state index in [4.69, 9.17) is 13.9 Å². The predicted molar refractivity (Wildman–Crippen MR) is 93.9 cm³/mol. The van der Waals surface area contributed by atoms with E-state index in [0.29, 0.717) is 15.5 Å². The van der Waals surface area contributed by atoms with Crippen LogP contribution in [-0.4, -0.2) is 18.1 Å². The Kier molecular flexibility index (Phi) is 5.17. The minimum atomic E-state index is -0.529. The van der Waals surface area contributed by atoms with Gasteiger partial charge in [-0.25, -0.2) is 9.78 Å². The van der Waals surface area contributed by atoms with Gasteiger partial charge in [-0.1, -0.05) is 0 Å². The molecule has 6 nitrogen and oxygen atoms in total. The Morgan fingerprint density at radius 3 is 2.75 bits per heavy atom. The number of halogens is 1. The van der Waals surface area contributed by atoms with Crippen LogP contribution in [0.3, 0.4) is 0 Å². The number of nitrogens with one attached hydrogen (secondary N) is 1. The zero-order chi connectivity index (χ0) is 16.9. The minimum Gasteiger partial charge on any atom is -0.497 e. The summed E-state index contributed by atoms with van der Waals surface area (Å²) in [4.78, 5) is 16.2. The van der Waals surface area contributed by atoms with Gasteiger partial charge in [-0.2, -0.15) is 0 Å². The molecule has 0 fully saturated rings. The Morgan fingerprint density at radius 2 is 2.08 bits per heavy atom. The number of benzene rings is 1. The van der Waals surface area contributed by atoms with Crippen molar-refractivity contribution in [2.45, 2.75) is 6.61 Å².